The Morgan fingerprint density at radius 3 is 2.80 bits per heavy atom. The lowest BCUT2D eigenvalue weighted by atomic mass is 10.1. The maximum atomic E-state index is 6.08. The van der Waals surface area contributed by atoms with Gasteiger partial charge in [-0.05, 0) is 30.7 Å². The first kappa shape index (κ1) is 17.2. The van der Waals surface area contributed by atoms with E-state index in [-0.39, 0.29) is 12.9 Å². The van der Waals surface area contributed by atoms with Crippen LogP contribution in [0.2, 0.25) is 0 Å². The van der Waals surface area contributed by atoms with Crippen LogP contribution >= 0.6 is 0 Å². The van der Waals surface area contributed by atoms with Crippen molar-refractivity contribution in [2.24, 2.45) is 0 Å². The van der Waals surface area contributed by atoms with Crippen molar-refractivity contribution in [3.8, 4) is 34.5 Å². The van der Waals surface area contributed by atoms with Crippen LogP contribution in [0.1, 0.15) is 22.9 Å². The molecule has 0 spiro atoms. The van der Waals surface area contributed by atoms with E-state index in [2.05, 4.69) is 51.6 Å². The van der Waals surface area contributed by atoms with Crippen LogP contribution in [0.4, 0.5) is 0 Å². The van der Waals surface area contributed by atoms with Gasteiger partial charge in [-0.25, -0.2) is 4.68 Å². The molecule has 9 nitrogen and oxygen atoms in total. The molecule has 2 aliphatic rings. The van der Waals surface area contributed by atoms with Crippen LogP contribution in [-0.4, -0.2) is 31.9 Å². The first-order valence-electron chi connectivity index (χ1n) is 9.59. The Morgan fingerprint density at radius 2 is 1.90 bits per heavy atom. The molecule has 6 rings (SSSR count). The van der Waals surface area contributed by atoms with Gasteiger partial charge >= 0.3 is 0 Å². The number of aryl methyl sites for hydroxylation is 1. The van der Waals surface area contributed by atoms with Gasteiger partial charge in [0.15, 0.2) is 17.2 Å². The zero-order valence-corrected chi connectivity index (χ0v) is 16.1. The zero-order valence-electron chi connectivity index (χ0n) is 16.1. The fourth-order valence-electron chi connectivity index (χ4n) is 3.63. The fourth-order valence-corrected chi connectivity index (χ4v) is 3.63. The Morgan fingerprint density at radius 1 is 1.03 bits per heavy atom. The van der Waals surface area contributed by atoms with Crippen LogP contribution in [0.25, 0.3) is 23.0 Å². The lowest BCUT2D eigenvalue weighted by molar-refractivity contribution is -0.00112. The average molecular weight is 403 g/mol. The summed E-state index contributed by atoms with van der Waals surface area (Å²) in [7, 11) is 0. The molecule has 4 aromatic rings. The molecule has 0 bridgehead atoms. The van der Waals surface area contributed by atoms with E-state index < -0.39 is 0 Å². The molecule has 1 atom stereocenters. The Kier molecular flexibility index (Phi) is 3.81. The van der Waals surface area contributed by atoms with Crippen molar-refractivity contribution in [1.29, 1.82) is 0 Å². The molecule has 0 amide bonds. The van der Waals surface area contributed by atoms with Gasteiger partial charge in [0.1, 0.15) is 6.10 Å². The molecule has 2 aromatic heterocycles. The second-order valence-electron chi connectivity index (χ2n) is 7.27. The highest BCUT2D eigenvalue weighted by atomic mass is 16.7. The molecule has 0 saturated heterocycles. The molecule has 0 saturated carbocycles. The third kappa shape index (κ3) is 2.82. The highest BCUT2D eigenvalue weighted by molar-refractivity contribution is 5.62. The molecule has 0 radical (unpaired) electrons. The monoisotopic (exact) mass is 403 g/mol. The zero-order chi connectivity index (χ0) is 20.1. The van der Waals surface area contributed by atoms with Crippen LogP contribution in [0.3, 0.4) is 0 Å². The second-order valence-corrected chi connectivity index (χ2v) is 7.27. The standard InChI is InChI=1S/C21H17N5O4/c1-12-2-4-13(5-3-12)18-9-26-15(10-27-18)19(23-25-26)20-22-21(30-24-20)14-6-7-16-17(8-14)29-11-28-16/h2-8,18H,9-11H2,1H3. The molecule has 0 fully saturated rings. The number of hydrogen-bond acceptors (Lipinski definition) is 8. The summed E-state index contributed by atoms with van der Waals surface area (Å²) in [6.07, 6.45) is -0.0675. The minimum absolute atomic E-state index is 0.0675. The summed E-state index contributed by atoms with van der Waals surface area (Å²) >= 11 is 0. The first-order chi connectivity index (χ1) is 14.7. The van der Waals surface area contributed by atoms with E-state index in [0.717, 1.165) is 16.8 Å². The Labute approximate surface area is 171 Å². The summed E-state index contributed by atoms with van der Waals surface area (Å²) < 4.78 is 24.1. The number of fused-ring (bicyclic) bond motifs is 2. The van der Waals surface area contributed by atoms with Crippen molar-refractivity contribution in [3.63, 3.8) is 0 Å². The van der Waals surface area contributed by atoms with E-state index in [0.29, 0.717) is 42.1 Å². The number of nitrogens with zero attached hydrogens (tertiary/aromatic N) is 5. The predicted octanol–water partition coefficient (Wildman–Crippen LogP) is 3.30. The molecule has 30 heavy (non-hydrogen) atoms. The maximum absolute atomic E-state index is 6.08. The maximum Gasteiger partial charge on any atom is 0.258 e. The van der Waals surface area contributed by atoms with Crippen LogP contribution < -0.4 is 9.47 Å². The van der Waals surface area contributed by atoms with E-state index in [9.17, 15) is 0 Å². The Bertz CT molecular complexity index is 1230. The van der Waals surface area contributed by atoms with Gasteiger partial charge in [-0.1, -0.05) is 40.2 Å². The SMILES string of the molecule is Cc1ccc(C2Cn3nnc(-c4noc(-c5ccc6c(c5)OCO6)n4)c3CO2)cc1. The lowest BCUT2D eigenvalue weighted by Crippen LogP contribution is -2.22. The van der Waals surface area contributed by atoms with Gasteiger partial charge in [0.2, 0.25) is 12.6 Å². The van der Waals surface area contributed by atoms with Crippen molar-refractivity contribution in [3.05, 3.63) is 59.3 Å². The first-order valence-corrected chi connectivity index (χ1v) is 9.59. The third-order valence-corrected chi connectivity index (χ3v) is 5.30. The number of ether oxygens (including phenoxy) is 3. The van der Waals surface area contributed by atoms with Gasteiger partial charge < -0.3 is 18.7 Å². The molecular weight excluding hydrogens is 386 g/mol. The minimum Gasteiger partial charge on any atom is -0.454 e. The quantitative estimate of drug-likeness (QED) is 0.514. The largest absolute Gasteiger partial charge is 0.454 e. The van der Waals surface area contributed by atoms with Crippen molar-refractivity contribution >= 4 is 0 Å². The van der Waals surface area contributed by atoms with Crippen molar-refractivity contribution in [2.45, 2.75) is 26.2 Å². The molecule has 0 aliphatic carbocycles. The molecule has 0 N–H and O–H groups in total. The van der Waals surface area contributed by atoms with E-state index >= 15 is 0 Å². The van der Waals surface area contributed by atoms with Crippen LogP contribution in [-0.2, 0) is 17.9 Å². The Balaban J connectivity index is 1.27. The molecule has 9 heteroatoms. The smallest absolute Gasteiger partial charge is 0.258 e. The summed E-state index contributed by atoms with van der Waals surface area (Å²) in [5.41, 5.74) is 4.47. The minimum atomic E-state index is -0.0675. The summed E-state index contributed by atoms with van der Waals surface area (Å²) in [6.45, 7) is 3.23. The lowest BCUT2D eigenvalue weighted by Gasteiger charge is -2.24. The van der Waals surface area contributed by atoms with Crippen molar-refractivity contribution < 1.29 is 18.7 Å². The molecule has 2 aromatic carbocycles. The number of hydrogen-bond donors (Lipinski definition) is 0. The number of benzene rings is 2. The third-order valence-electron chi connectivity index (χ3n) is 5.30. The van der Waals surface area contributed by atoms with Gasteiger partial charge in [0.05, 0.1) is 18.8 Å². The number of aromatic nitrogens is 5. The molecule has 1 unspecified atom stereocenters. The molecule has 4 heterocycles. The van der Waals surface area contributed by atoms with E-state index in [1.165, 1.54) is 5.56 Å². The average Bonchev–Trinajstić information content (AvgIpc) is 3.51. The highest BCUT2D eigenvalue weighted by Gasteiger charge is 2.28. The van der Waals surface area contributed by atoms with Gasteiger partial charge in [-0.15, -0.1) is 5.10 Å². The van der Waals surface area contributed by atoms with Crippen LogP contribution in [0, 0.1) is 6.92 Å². The van der Waals surface area contributed by atoms with Crippen LogP contribution in [0.5, 0.6) is 11.5 Å². The molecule has 2 aliphatic heterocycles. The number of rotatable bonds is 3. The van der Waals surface area contributed by atoms with Gasteiger partial charge in [-0.2, -0.15) is 4.98 Å². The summed E-state index contributed by atoms with van der Waals surface area (Å²) in [6, 6.07) is 13.8. The van der Waals surface area contributed by atoms with Gasteiger partial charge in [0, 0.05) is 5.56 Å². The van der Waals surface area contributed by atoms with E-state index in [1.54, 1.807) is 0 Å². The fraction of sp³-hybridized carbons (Fsp3) is 0.238. The summed E-state index contributed by atoms with van der Waals surface area (Å²) in [5, 5.41) is 12.7. The van der Waals surface area contributed by atoms with Crippen molar-refractivity contribution in [1.82, 2.24) is 25.1 Å². The van der Waals surface area contributed by atoms with E-state index in [1.807, 2.05) is 22.9 Å². The van der Waals surface area contributed by atoms with E-state index in [4.69, 9.17) is 18.7 Å². The van der Waals surface area contributed by atoms with Crippen LogP contribution in [0.15, 0.2) is 47.0 Å². The normalized spacial score (nSPS) is 17.2. The predicted molar refractivity (Wildman–Crippen MR) is 104 cm³/mol. The second kappa shape index (κ2) is 6.67. The highest BCUT2D eigenvalue weighted by Crippen LogP contribution is 2.36. The molecule has 150 valence electrons. The van der Waals surface area contributed by atoms with Gasteiger partial charge in [-0.3, -0.25) is 0 Å². The summed E-state index contributed by atoms with van der Waals surface area (Å²) in [4.78, 5) is 4.50. The summed E-state index contributed by atoms with van der Waals surface area (Å²) in [5.74, 6) is 2.11. The van der Waals surface area contributed by atoms with Crippen molar-refractivity contribution in [2.75, 3.05) is 6.79 Å². The Hall–Kier alpha value is -3.72. The van der Waals surface area contributed by atoms with Gasteiger partial charge in [0.25, 0.3) is 5.89 Å². The topological polar surface area (TPSA) is 97.3 Å². The molecular formula is C21H17N5O4.